The Kier molecular flexibility index (Phi) is 8.94. The first kappa shape index (κ1) is 20.2. The molecule has 0 saturated carbocycles. The molecule has 3 nitrogen and oxygen atoms in total. The predicted molar refractivity (Wildman–Crippen MR) is 104 cm³/mol. The average molecular weight is 403 g/mol. The predicted octanol–water partition coefficient (Wildman–Crippen LogP) is 3.67. The van der Waals surface area contributed by atoms with Gasteiger partial charge in [0, 0.05) is 27.2 Å². The number of aliphatic imine (C=N–C) groups is 1. The second-order valence-corrected chi connectivity index (χ2v) is 6.33. The summed E-state index contributed by atoms with van der Waals surface area (Å²) >= 11 is 0. The van der Waals surface area contributed by atoms with Gasteiger partial charge in [-0.15, -0.1) is 24.0 Å². The van der Waals surface area contributed by atoms with E-state index in [2.05, 4.69) is 62.3 Å². The maximum Gasteiger partial charge on any atom is 0.193 e. The first-order valence-electron chi connectivity index (χ1n) is 7.39. The van der Waals surface area contributed by atoms with Crippen molar-refractivity contribution in [2.75, 3.05) is 27.2 Å². The molecule has 0 unspecified atom stereocenters. The summed E-state index contributed by atoms with van der Waals surface area (Å²) in [5.41, 5.74) is 2.95. The summed E-state index contributed by atoms with van der Waals surface area (Å²) in [6.45, 7) is 10.5. The molecular formula is C17H30IN3. The smallest absolute Gasteiger partial charge is 0.193 e. The highest BCUT2D eigenvalue weighted by Crippen LogP contribution is 2.22. The van der Waals surface area contributed by atoms with Crippen LogP contribution in [0.1, 0.15) is 38.8 Å². The number of guanidine groups is 1. The van der Waals surface area contributed by atoms with Gasteiger partial charge in [-0.05, 0) is 29.9 Å². The van der Waals surface area contributed by atoms with Gasteiger partial charge in [0.2, 0.25) is 0 Å². The Hall–Kier alpha value is -0.780. The lowest BCUT2D eigenvalue weighted by molar-refractivity contribution is 0.583. The Labute approximate surface area is 147 Å². The zero-order chi connectivity index (χ0) is 15.2. The molecule has 1 N–H and O–H groups in total. The molecule has 0 fully saturated rings. The fourth-order valence-electron chi connectivity index (χ4n) is 1.98. The summed E-state index contributed by atoms with van der Waals surface area (Å²) in [4.78, 5) is 6.63. The van der Waals surface area contributed by atoms with Gasteiger partial charge in [-0.3, -0.25) is 4.99 Å². The lowest BCUT2D eigenvalue weighted by Crippen LogP contribution is -2.36. The fourth-order valence-corrected chi connectivity index (χ4v) is 1.98. The number of benzene rings is 1. The van der Waals surface area contributed by atoms with Crippen molar-refractivity contribution in [1.29, 1.82) is 0 Å². The minimum atomic E-state index is 0. The molecule has 0 saturated heterocycles. The molecule has 0 aliphatic rings. The summed E-state index contributed by atoms with van der Waals surface area (Å²) in [6, 6.07) is 8.91. The van der Waals surface area contributed by atoms with Gasteiger partial charge >= 0.3 is 0 Å². The van der Waals surface area contributed by atoms with Crippen LogP contribution in [-0.4, -0.2) is 38.0 Å². The van der Waals surface area contributed by atoms with Gasteiger partial charge in [-0.2, -0.15) is 0 Å². The Morgan fingerprint density at radius 1 is 1.14 bits per heavy atom. The van der Waals surface area contributed by atoms with E-state index in [1.165, 1.54) is 11.1 Å². The van der Waals surface area contributed by atoms with Gasteiger partial charge in [0.05, 0.1) is 0 Å². The van der Waals surface area contributed by atoms with Crippen molar-refractivity contribution in [3.63, 3.8) is 0 Å². The summed E-state index contributed by atoms with van der Waals surface area (Å²) in [7, 11) is 4.03. The molecule has 21 heavy (non-hydrogen) atoms. The number of nitrogens with zero attached hydrogens (tertiary/aromatic N) is 2. The van der Waals surface area contributed by atoms with Crippen LogP contribution in [0.25, 0.3) is 0 Å². The number of nitrogens with one attached hydrogen (secondary N) is 1. The van der Waals surface area contributed by atoms with Crippen LogP contribution in [0.5, 0.6) is 0 Å². The molecule has 120 valence electrons. The van der Waals surface area contributed by atoms with E-state index < -0.39 is 0 Å². The number of halogens is 1. The Balaban J connectivity index is 0.00000400. The molecule has 1 aromatic rings. The largest absolute Gasteiger partial charge is 0.357 e. The minimum absolute atomic E-state index is 0. The molecule has 0 amide bonds. The first-order valence-corrected chi connectivity index (χ1v) is 7.39. The maximum atomic E-state index is 4.61. The van der Waals surface area contributed by atoms with Crippen molar-refractivity contribution in [3.8, 4) is 0 Å². The van der Waals surface area contributed by atoms with E-state index in [1.54, 1.807) is 0 Å². The quantitative estimate of drug-likeness (QED) is 0.472. The molecule has 0 aliphatic carbocycles. The van der Waals surface area contributed by atoms with E-state index in [1.807, 2.05) is 19.0 Å². The Bertz CT molecular complexity index is 430. The van der Waals surface area contributed by atoms with E-state index in [9.17, 15) is 0 Å². The molecule has 0 bridgehead atoms. The highest BCUT2D eigenvalue weighted by molar-refractivity contribution is 14.0. The number of hydrogen-bond acceptors (Lipinski definition) is 1. The van der Waals surface area contributed by atoms with Crippen LogP contribution in [-0.2, 0) is 11.8 Å². The third-order valence-corrected chi connectivity index (χ3v) is 3.24. The number of rotatable bonds is 4. The molecule has 1 aromatic carbocycles. The van der Waals surface area contributed by atoms with Crippen molar-refractivity contribution in [2.45, 2.75) is 39.5 Å². The normalized spacial score (nSPS) is 11.8. The standard InChI is InChI=1S/C17H29N3.HI/c1-7-18-16(20(5)6)19-13-12-14-8-10-15(11-9-14)17(2,3)4;/h8-11H,7,12-13H2,1-6H3,(H,18,19);1H. The molecular weight excluding hydrogens is 373 g/mol. The Morgan fingerprint density at radius 3 is 2.14 bits per heavy atom. The van der Waals surface area contributed by atoms with Gasteiger partial charge < -0.3 is 10.2 Å². The molecule has 0 aromatic heterocycles. The first-order chi connectivity index (χ1) is 9.34. The fraction of sp³-hybridized carbons (Fsp3) is 0.588. The topological polar surface area (TPSA) is 27.6 Å². The summed E-state index contributed by atoms with van der Waals surface area (Å²) in [5, 5.41) is 3.27. The van der Waals surface area contributed by atoms with Crippen LogP contribution < -0.4 is 5.32 Å². The maximum absolute atomic E-state index is 4.61. The molecule has 0 aliphatic heterocycles. The van der Waals surface area contributed by atoms with Crippen LogP contribution in [0.4, 0.5) is 0 Å². The zero-order valence-corrected chi connectivity index (χ0v) is 16.6. The van der Waals surface area contributed by atoms with Crippen molar-refractivity contribution in [3.05, 3.63) is 35.4 Å². The van der Waals surface area contributed by atoms with Crippen molar-refractivity contribution in [1.82, 2.24) is 10.2 Å². The second kappa shape index (κ2) is 9.28. The Morgan fingerprint density at radius 2 is 1.71 bits per heavy atom. The number of hydrogen-bond donors (Lipinski definition) is 1. The minimum Gasteiger partial charge on any atom is -0.357 e. The van der Waals surface area contributed by atoms with Crippen LogP contribution in [0, 0.1) is 0 Å². The lowest BCUT2D eigenvalue weighted by Gasteiger charge is -2.19. The van der Waals surface area contributed by atoms with E-state index in [0.29, 0.717) is 0 Å². The summed E-state index contributed by atoms with van der Waals surface area (Å²) < 4.78 is 0. The molecule has 1 rings (SSSR count). The van der Waals surface area contributed by atoms with Crippen molar-refractivity contribution in [2.24, 2.45) is 4.99 Å². The summed E-state index contributed by atoms with van der Waals surface area (Å²) in [5.74, 6) is 0.957. The molecule has 0 spiro atoms. The molecule has 4 heteroatoms. The molecule has 0 radical (unpaired) electrons. The highest BCUT2D eigenvalue weighted by atomic mass is 127. The van der Waals surface area contributed by atoms with Gasteiger partial charge in [0.1, 0.15) is 0 Å². The van der Waals surface area contributed by atoms with Crippen LogP contribution in [0.3, 0.4) is 0 Å². The average Bonchev–Trinajstić information content (AvgIpc) is 2.37. The third-order valence-electron chi connectivity index (χ3n) is 3.24. The van der Waals surface area contributed by atoms with Gasteiger partial charge in [-0.25, -0.2) is 0 Å². The van der Waals surface area contributed by atoms with E-state index in [4.69, 9.17) is 0 Å². The van der Waals surface area contributed by atoms with E-state index in [-0.39, 0.29) is 29.4 Å². The SMILES string of the molecule is CCNC(=NCCc1ccc(C(C)(C)C)cc1)N(C)C.I. The molecule has 0 heterocycles. The monoisotopic (exact) mass is 403 g/mol. The summed E-state index contributed by atoms with van der Waals surface area (Å²) in [6.07, 6.45) is 0.979. The van der Waals surface area contributed by atoms with Crippen molar-refractivity contribution >= 4 is 29.9 Å². The zero-order valence-electron chi connectivity index (χ0n) is 14.2. The van der Waals surface area contributed by atoms with Crippen LogP contribution in [0.15, 0.2) is 29.3 Å². The molecule has 0 atom stereocenters. The van der Waals surface area contributed by atoms with Crippen molar-refractivity contribution < 1.29 is 0 Å². The second-order valence-electron chi connectivity index (χ2n) is 6.33. The van der Waals surface area contributed by atoms with Gasteiger partial charge in [0.25, 0.3) is 0 Å². The van der Waals surface area contributed by atoms with E-state index in [0.717, 1.165) is 25.5 Å². The van der Waals surface area contributed by atoms with E-state index >= 15 is 0 Å². The third kappa shape index (κ3) is 7.16. The van der Waals surface area contributed by atoms with Gasteiger partial charge in [-0.1, -0.05) is 45.0 Å². The van der Waals surface area contributed by atoms with Gasteiger partial charge in [0.15, 0.2) is 5.96 Å². The highest BCUT2D eigenvalue weighted by Gasteiger charge is 2.12. The lowest BCUT2D eigenvalue weighted by atomic mass is 9.86. The van der Waals surface area contributed by atoms with Crippen LogP contribution in [0.2, 0.25) is 0 Å². The van der Waals surface area contributed by atoms with Crippen LogP contribution >= 0.6 is 24.0 Å².